The fourth-order valence-corrected chi connectivity index (χ4v) is 6.15. The van der Waals surface area contributed by atoms with Crippen LogP contribution in [0.15, 0.2) is 36.4 Å². The van der Waals surface area contributed by atoms with Gasteiger partial charge in [0.25, 0.3) is 0 Å². The van der Waals surface area contributed by atoms with E-state index in [1.807, 2.05) is 38.1 Å². The van der Waals surface area contributed by atoms with Crippen LogP contribution in [-0.4, -0.2) is 27.5 Å². The van der Waals surface area contributed by atoms with Gasteiger partial charge in [0, 0.05) is 10.9 Å². The van der Waals surface area contributed by atoms with Crippen LogP contribution in [0.3, 0.4) is 0 Å². The number of rotatable bonds is 7. The maximum absolute atomic E-state index is 11.5. The minimum Gasteiger partial charge on any atom is -0.492 e. The molecule has 0 radical (unpaired) electrons. The third-order valence-electron chi connectivity index (χ3n) is 7.70. The second kappa shape index (κ2) is 10.1. The molecule has 2 aromatic carbocycles. The SMILES string of the molecule is Cc1cc(C(=O)O)cc(C)c1OCC(c1c2c(nn1-c1ccc(Cl)cc1)CCC2)C1CCCCC1. The molecule has 1 aromatic heterocycles. The van der Waals surface area contributed by atoms with E-state index in [2.05, 4.69) is 4.68 Å². The Hall–Kier alpha value is -2.79. The highest BCUT2D eigenvalue weighted by atomic mass is 35.5. The fourth-order valence-electron chi connectivity index (χ4n) is 6.03. The van der Waals surface area contributed by atoms with Gasteiger partial charge in [-0.1, -0.05) is 30.9 Å². The smallest absolute Gasteiger partial charge is 0.335 e. The molecule has 3 aromatic rings. The lowest BCUT2D eigenvalue weighted by molar-refractivity contribution is 0.0696. The summed E-state index contributed by atoms with van der Waals surface area (Å²) in [6, 6.07) is 11.4. The number of hydrogen-bond donors (Lipinski definition) is 1. The van der Waals surface area contributed by atoms with Gasteiger partial charge in [0.05, 0.1) is 29.2 Å². The number of carbonyl (C=O) groups is 1. The molecule has 1 saturated carbocycles. The quantitative estimate of drug-likeness (QED) is 0.383. The maximum atomic E-state index is 11.5. The number of aromatic nitrogens is 2. The minimum atomic E-state index is -0.912. The molecule has 1 N–H and O–H groups in total. The zero-order valence-corrected chi connectivity index (χ0v) is 21.3. The standard InChI is InChI=1S/C29H33ClN2O3/c1-18-15-21(29(33)34)16-19(2)28(18)35-17-25(20-7-4-3-5-8-20)27-24-9-6-10-26(24)31-32(27)23-13-11-22(30)12-14-23/h11-16,20,25H,3-10,17H2,1-2H3,(H,33,34). The van der Waals surface area contributed by atoms with Crippen molar-refractivity contribution in [3.05, 3.63) is 75.1 Å². The molecule has 1 atom stereocenters. The number of halogens is 1. The van der Waals surface area contributed by atoms with Gasteiger partial charge in [-0.2, -0.15) is 5.10 Å². The average Bonchev–Trinajstić information content (AvgIpc) is 3.44. The Morgan fingerprint density at radius 1 is 1.09 bits per heavy atom. The maximum Gasteiger partial charge on any atom is 0.335 e. The van der Waals surface area contributed by atoms with E-state index in [-0.39, 0.29) is 5.92 Å². The number of aromatic carboxylic acids is 1. The van der Waals surface area contributed by atoms with Crippen molar-refractivity contribution in [1.82, 2.24) is 9.78 Å². The van der Waals surface area contributed by atoms with Crippen LogP contribution in [0.25, 0.3) is 5.69 Å². The predicted molar refractivity (Wildman–Crippen MR) is 138 cm³/mol. The molecular formula is C29H33ClN2O3. The number of ether oxygens (including phenoxy) is 1. The molecule has 2 aliphatic carbocycles. The molecule has 6 heteroatoms. The summed E-state index contributed by atoms with van der Waals surface area (Å²) in [4.78, 5) is 11.5. The normalized spacial score (nSPS) is 16.8. The van der Waals surface area contributed by atoms with Crippen molar-refractivity contribution in [2.24, 2.45) is 5.92 Å². The summed E-state index contributed by atoms with van der Waals surface area (Å²) in [6.45, 7) is 4.42. The number of carboxylic acids is 1. The number of benzene rings is 2. The van der Waals surface area contributed by atoms with Gasteiger partial charge in [0.2, 0.25) is 0 Å². The Morgan fingerprint density at radius 2 is 1.77 bits per heavy atom. The minimum absolute atomic E-state index is 0.221. The van der Waals surface area contributed by atoms with Crippen LogP contribution in [-0.2, 0) is 12.8 Å². The Morgan fingerprint density at radius 3 is 2.43 bits per heavy atom. The number of aryl methyl sites for hydroxylation is 3. The lowest BCUT2D eigenvalue weighted by atomic mass is 9.77. The van der Waals surface area contributed by atoms with Crippen molar-refractivity contribution in [2.75, 3.05) is 6.61 Å². The molecule has 5 rings (SSSR count). The van der Waals surface area contributed by atoms with Crippen molar-refractivity contribution in [3.63, 3.8) is 0 Å². The number of nitrogens with zero attached hydrogens (tertiary/aromatic N) is 2. The summed E-state index contributed by atoms with van der Waals surface area (Å²) in [5.41, 5.74) is 6.97. The molecule has 5 nitrogen and oxygen atoms in total. The van der Waals surface area contributed by atoms with Crippen molar-refractivity contribution < 1.29 is 14.6 Å². The average molecular weight is 493 g/mol. The fraction of sp³-hybridized carbons (Fsp3) is 0.448. The van der Waals surface area contributed by atoms with E-state index in [9.17, 15) is 9.90 Å². The molecular weight excluding hydrogens is 460 g/mol. The summed E-state index contributed by atoms with van der Waals surface area (Å²) >= 11 is 6.19. The van der Waals surface area contributed by atoms with Crippen LogP contribution in [0.4, 0.5) is 0 Å². The summed E-state index contributed by atoms with van der Waals surface area (Å²) in [5, 5.41) is 15.2. The van der Waals surface area contributed by atoms with Gasteiger partial charge in [-0.3, -0.25) is 0 Å². The van der Waals surface area contributed by atoms with E-state index in [1.165, 1.54) is 49.1 Å². The first-order chi connectivity index (χ1) is 16.9. The summed E-state index contributed by atoms with van der Waals surface area (Å²) < 4.78 is 8.70. The zero-order valence-electron chi connectivity index (χ0n) is 20.5. The highest BCUT2D eigenvalue weighted by Crippen LogP contribution is 2.42. The van der Waals surface area contributed by atoms with Crippen molar-refractivity contribution >= 4 is 17.6 Å². The molecule has 184 valence electrons. The first-order valence-corrected chi connectivity index (χ1v) is 13.1. The third kappa shape index (κ3) is 4.84. The first-order valence-electron chi connectivity index (χ1n) is 12.8. The second-order valence-electron chi connectivity index (χ2n) is 10.1. The number of hydrogen-bond acceptors (Lipinski definition) is 3. The third-order valence-corrected chi connectivity index (χ3v) is 7.95. The van der Waals surface area contributed by atoms with Crippen molar-refractivity contribution in [3.8, 4) is 11.4 Å². The van der Waals surface area contributed by atoms with E-state index in [4.69, 9.17) is 21.4 Å². The molecule has 1 heterocycles. The zero-order chi connectivity index (χ0) is 24.5. The van der Waals surface area contributed by atoms with Crippen LogP contribution in [0, 0.1) is 19.8 Å². The van der Waals surface area contributed by atoms with Gasteiger partial charge < -0.3 is 9.84 Å². The van der Waals surface area contributed by atoms with Crippen LogP contribution in [0.1, 0.15) is 82.9 Å². The van der Waals surface area contributed by atoms with Crippen molar-refractivity contribution in [1.29, 1.82) is 0 Å². The van der Waals surface area contributed by atoms with E-state index in [0.717, 1.165) is 46.8 Å². The molecule has 2 aliphatic rings. The Bertz CT molecular complexity index is 1200. The summed E-state index contributed by atoms with van der Waals surface area (Å²) in [6.07, 6.45) is 9.44. The first kappa shape index (κ1) is 23.9. The molecule has 0 spiro atoms. The molecule has 0 amide bonds. The molecule has 35 heavy (non-hydrogen) atoms. The predicted octanol–water partition coefficient (Wildman–Crippen LogP) is 7.07. The highest BCUT2D eigenvalue weighted by Gasteiger charge is 2.34. The van der Waals surface area contributed by atoms with Gasteiger partial charge in [-0.25, -0.2) is 9.48 Å². The topological polar surface area (TPSA) is 64.3 Å². The molecule has 0 bridgehead atoms. The largest absolute Gasteiger partial charge is 0.492 e. The van der Waals surface area contributed by atoms with Crippen molar-refractivity contribution in [2.45, 2.75) is 71.1 Å². The van der Waals surface area contributed by atoms with Gasteiger partial charge >= 0.3 is 5.97 Å². The Labute approximate surface area is 212 Å². The van der Waals surface area contributed by atoms with E-state index < -0.39 is 5.97 Å². The van der Waals surface area contributed by atoms with Gasteiger partial charge in [0.15, 0.2) is 0 Å². The lowest BCUT2D eigenvalue weighted by Crippen LogP contribution is -2.26. The van der Waals surface area contributed by atoms with Crippen LogP contribution in [0.5, 0.6) is 5.75 Å². The van der Waals surface area contributed by atoms with E-state index >= 15 is 0 Å². The monoisotopic (exact) mass is 492 g/mol. The van der Waals surface area contributed by atoms with E-state index in [1.54, 1.807) is 12.1 Å². The molecule has 1 unspecified atom stereocenters. The molecule has 0 saturated heterocycles. The van der Waals surface area contributed by atoms with Crippen LogP contribution < -0.4 is 4.74 Å². The molecule has 1 fully saturated rings. The van der Waals surface area contributed by atoms with Gasteiger partial charge in [-0.15, -0.1) is 0 Å². The van der Waals surface area contributed by atoms with Gasteiger partial charge in [-0.05, 0) is 105 Å². The highest BCUT2D eigenvalue weighted by molar-refractivity contribution is 6.30. The molecule has 0 aliphatic heterocycles. The van der Waals surface area contributed by atoms with Crippen LogP contribution in [0.2, 0.25) is 5.02 Å². The number of carboxylic acid groups (broad SMARTS) is 1. The van der Waals surface area contributed by atoms with Crippen LogP contribution >= 0.6 is 11.6 Å². The Kier molecular flexibility index (Phi) is 6.88. The second-order valence-corrected chi connectivity index (χ2v) is 10.5. The number of fused-ring (bicyclic) bond motifs is 1. The van der Waals surface area contributed by atoms with Gasteiger partial charge in [0.1, 0.15) is 5.75 Å². The van der Waals surface area contributed by atoms with E-state index in [0.29, 0.717) is 18.1 Å². The summed E-state index contributed by atoms with van der Waals surface area (Å²) in [7, 11) is 0. The Balaban J connectivity index is 1.54. The lowest BCUT2D eigenvalue weighted by Gasteiger charge is -2.32. The summed E-state index contributed by atoms with van der Waals surface area (Å²) in [5.74, 6) is 0.642.